The summed E-state index contributed by atoms with van der Waals surface area (Å²) in [6, 6.07) is 9.46. The van der Waals surface area contributed by atoms with E-state index in [9.17, 15) is 14.7 Å². The van der Waals surface area contributed by atoms with Crippen molar-refractivity contribution in [3.8, 4) is 5.75 Å². The van der Waals surface area contributed by atoms with Gasteiger partial charge < -0.3 is 15.7 Å². The van der Waals surface area contributed by atoms with Gasteiger partial charge in [0.15, 0.2) is 0 Å². The maximum absolute atomic E-state index is 12.1. The van der Waals surface area contributed by atoms with Crippen molar-refractivity contribution in [1.29, 1.82) is 0 Å². The van der Waals surface area contributed by atoms with E-state index in [1.807, 2.05) is 0 Å². The molecule has 24 heavy (non-hydrogen) atoms. The smallest absolute Gasteiger partial charge is 0.255 e. The maximum atomic E-state index is 12.1. The van der Waals surface area contributed by atoms with E-state index in [0.717, 1.165) is 5.56 Å². The molecule has 124 valence electrons. The van der Waals surface area contributed by atoms with Crippen LogP contribution in [0.15, 0.2) is 49.1 Å². The quantitative estimate of drug-likeness (QED) is 0.706. The van der Waals surface area contributed by atoms with Gasteiger partial charge in [-0.2, -0.15) is 0 Å². The zero-order valence-corrected chi connectivity index (χ0v) is 14.0. The van der Waals surface area contributed by atoms with E-state index in [-0.39, 0.29) is 33.8 Å². The highest BCUT2D eigenvalue weighted by Gasteiger charge is 2.14. The second-order valence-corrected chi connectivity index (χ2v) is 5.67. The SMILES string of the molecule is C=CC(=O)Nc1ccc(CNC(=O)c2cc(Cl)c(Cl)cc2O)cc1. The number of carbonyl (C=O) groups is 2. The monoisotopic (exact) mass is 364 g/mol. The van der Waals surface area contributed by atoms with Crippen LogP contribution in [0.5, 0.6) is 5.75 Å². The van der Waals surface area contributed by atoms with E-state index in [0.29, 0.717) is 5.69 Å². The van der Waals surface area contributed by atoms with Crippen molar-refractivity contribution in [2.45, 2.75) is 6.54 Å². The molecule has 0 aromatic heterocycles. The normalized spacial score (nSPS) is 10.1. The minimum absolute atomic E-state index is 0.0410. The summed E-state index contributed by atoms with van der Waals surface area (Å²) < 4.78 is 0. The standard InChI is InChI=1S/C17H14Cl2N2O3/c1-2-16(23)21-11-5-3-10(4-6-11)9-20-17(24)12-7-13(18)14(19)8-15(12)22/h2-8,22H,1,9H2,(H,20,24)(H,21,23). The van der Waals surface area contributed by atoms with Gasteiger partial charge in [-0.3, -0.25) is 9.59 Å². The van der Waals surface area contributed by atoms with Gasteiger partial charge in [0.25, 0.3) is 5.91 Å². The number of anilines is 1. The topological polar surface area (TPSA) is 78.4 Å². The predicted octanol–water partition coefficient (Wildman–Crippen LogP) is 3.75. The van der Waals surface area contributed by atoms with Crippen LogP contribution in [-0.2, 0) is 11.3 Å². The van der Waals surface area contributed by atoms with Gasteiger partial charge >= 0.3 is 0 Å². The van der Waals surface area contributed by atoms with E-state index in [1.165, 1.54) is 18.2 Å². The average Bonchev–Trinajstić information content (AvgIpc) is 2.57. The molecule has 2 aromatic carbocycles. The lowest BCUT2D eigenvalue weighted by atomic mass is 10.1. The summed E-state index contributed by atoms with van der Waals surface area (Å²) in [6.45, 7) is 3.62. The van der Waals surface area contributed by atoms with Crippen LogP contribution in [-0.4, -0.2) is 16.9 Å². The van der Waals surface area contributed by atoms with Gasteiger partial charge in [-0.1, -0.05) is 41.9 Å². The summed E-state index contributed by atoms with van der Waals surface area (Å²) >= 11 is 11.6. The van der Waals surface area contributed by atoms with Crippen molar-refractivity contribution in [1.82, 2.24) is 5.32 Å². The molecule has 5 nitrogen and oxygen atoms in total. The van der Waals surface area contributed by atoms with Crippen LogP contribution in [0.25, 0.3) is 0 Å². The molecule has 0 bridgehead atoms. The second kappa shape index (κ2) is 7.86. The zero-order chi connectivity index (χ0) is 17.7. The number of halogens is 2. The van der Waals surface area contributed by atoms with Gasteiger partial charge in [-0.15, -0.1) is 0 Å². The highest BCUT2D eigenvalue weighted by Crippen LogP contribution is 2.29. The van der Waals surface area contributed by atoms with Crippen LogP contribution in [0.4, 0.5) is 5.69 Å². The summed E-state index contributed by atoms with van der Waals surface area (Å²) in [5, 5.41) is 15.4. The predicted molar refractivity (Wildman–Crippen MR) is 94.6 cm³/mol. The number of phenolic OH excluding ortho intramolecular Hbond substituents is 1. The first-order chi connectivity index (χ1) is 11.4. The molecule has 0 saturated heterocycles. The lowest BCUT2D eigenvalue weighted by Crippen LogP contribution is -2.22. The summed E-state index contributed by atoms with van der Waals surface area (Å²) in [5.41, 5.74) is 1.48. The molecule has 2 rings (SSSR count). The summed E-state index contributed by atoms with van der Waals surface area (Å²) in [5.74, 6) is -1.02. The number of rotatable bonds is 5. The largest absolute Gasteiger partial charge is 0.507 e. The molecule has 0 aliphatic heterocycles. The Labute approximate surface area is 148 Å². The van der Waals surface area contributed by atoms with Gasteiger partial charge in [-0.25, -0.2) is 0 Å². The summed E-state index contributed by atoms with van der Waals surface area (Å²) in [4.78, 5) is 23.3. The average molecular weight is 365 g/mol. The van der Waals surface area contributed by atoms with Gasteiger partial charge in [0.1, 0.15) is 5.75 Å². The minimum atomic E-state index is -0.477. The lowest BCUT2D eigenvalue weighted by Gasteiger charge is -2.09. The van der Waals surface area contributed by atoms with Crippen molar-refractivity contribution in [3.63, 3.8) is 0 Å². The van der Waals surface area contributed by atoms with Gasteiger partial charge in [-0.05, 0) is 29.8 Å². The fourth-order valence-corrected chi connectivity index (χ4v) is 2.22. The molecule has 0 aliphatic carbocycles. The number of phenols is 1. The molecule has 7 heteroatoms. The van der Waals surface area contributed by atoms with Crippen LogP contribution >= 0.6 is 23.2 Å². The number of amides is 2. The van der Waals surface area contributed by atoms with Gasteiger partial charge in [0.2, 0.25) is 5.91 Å². The Kier molecular flexibility index (Phi) is 5.84. The van der Waals surface area contributed by atoms with Gasteiger partial charge in [0, 0.05) is 18.3 Å². The van der Waals surface area contributed by atoms with Crippen molar-refractivity contribution in [3.05, 3.63) is 70.2 Å². The minimum Gasteiger partial charge on any atom is -0.507 e. The van der Waals surface area contributed by atoms with Crippen LogP contribution in [0.3, 0.4) is 0 Å². The molecule has 0 atom stereocenters. The van der Waals surface area contributed by atoms with Crippen molar-refractivity contribution in [2.24, 2.45) is 0 Å². The van der Waals surface area contributed by atoms with Crippen molar-refractivity contribution < 1.29 is 14.7 Å². The van der Waals surface area contributed by atoms with E-state index in [1.54, 1.807) is 24.3 Å². The van der Waals surface area contributed by atoms with Crippen molar-refractivity contribution >= 4 is 40.7 Å². The number of carbonyl (C=O) groups excluding carboxylic acids is 2. The Balaban J connectivity index is 2.00. The molecule has 0 heterocycles. The maximum Gasteiger partial charge on any atom is 0.255 e. The molecule has 0 fully saturated rings. The molecule has 0 aliphatic rings. The molecule has 3 N–H and O–H groups in total. The Morgan fingerprint density at radius 2 is 1.75 bits per heavy atom. The van der Waals surface area contributed by atoms with E-state index >= 15 is 0 Å². The molecule has 2 aromatic rings. The molecule has 0 spiro atoms. The molecule has 0 unspecified atom stereocenters. The fourth-order valence-electron chi connectivity index (χ4n) is 1.89. The Morgan fingerprint density at radius 1 is 1.12 bits per heavy atom. The highest BCUT2D eigenvalue weighted by atomic mass is 35.5. The molecular weight excluding hydrogens is 351 g/mol. The third-order valence-electron chi connectivity index (χ3n) is 3.14. The fraction of sp³-hybridized carbons (Fsp3) is 0.0588. The number of benzene rings is 2. The third kappa shape index (κ3) is 4.50. The molecule has 0 radical (unpaired) electrons. The number of hydrogen-bond acceptors (Lipinski definition) is 3. The Hall–Kier alpha value is -2.50. The van der Waals surface area contributed by atoms with Crippen LogP contribution in [0.2, 0.25) is 10.0 Å². The Bertz CT molecular complexity index is 789. The molecule has 0 saturated carbocycles. The summed E-state index contributed by atoms with van der Waals surface area (Å²) in [6.07, 6.45) is 1.18. The lowest BCUT2D eigenvalue weighted by molar-refractivity contribution is -0.111. The number of nitrogens with one attached hydrogen (secondary N) is 2. The van der Waals surface area contributed by atoms with E-state index in [4.69, 9.17) is 23.2 Å². The second-order valence-electron chi connectivity index (χ2n) is 4.86. The first-order valence-electron chi connectivity index (χ1n) is 6.89. The van der Waals surface area contributed by atoms with Crippen LogP contribution < -0.4 is 10.6 Å². The Morgan fingerprint density at radius 3 is 2.38 bits per heavy atom. The first-order valence-corrected chi connectivity index (χ1v) is 7.65. The van der Waals surface area contributed by atoms with Crippen molar-refractivity contribution in [2.75, 3.05) is 5.32 Å². The molecular formula is C17H14Cl2N2O3. The van der Waals surface area contributed by atoms with Crippen LogP contribution in [0, 0.1) is 0 Å². The highest BCUT2D eigenvalue weighted by molar-refractivity contribution is 6.42. The van der Waals surface area contributed by atoms with E-state index < -0.39 is 5.91 Å². The van der Waals surface area contributed by atoms with E-state index in [2.05, 4.69) is 17.2 Å². The van der Waals surface area contributed by atoms with Crippen LogP contribution in [0.1, 0.15) is 15.9 Å². The zero-order valence-electron chi connectivity index (χ0n) is 12.5. The first kappa shape index (κ1) is 17.8. The third-order valence-corrected chi connectivity index (χ3v) is 3.87. The summed E-state index contributed by atoms with van der Waals surface area (Å²) in [7, 11) is 0. The van der Waals surface area contributed by atoms with Gasteiger partial charge in [0.05, 0.1) is 15.6 Å². The number of hydrogen-bond donors (Lipinski definition) is 3. The molecule has 2 amide bonds. The number of aromatic hydroxyl groups is 1.